The Morgan fingerprint density at radius 1 is 0.718 bits per heavy atom. The van der Waals surface area contributed by atoms with Crippen molar-refractivity contribution < 1.29 is 29.7 Å². The Balaban J connectivity index is 0.000000292. The van der Waals surface area contributed by atoms with Gasteiger partial charge in [-0.25, -0.2) is 0 Å². The maximum atomic E-state index is 10.5. The van der Waals surface area contributed by atoms with E-state index in [9.17, 15) is 14.4 Å². The van der Waals surface area contributed by atoms with Gasteiger partial charge < -0.3 is 32.1 Å². The van der Waals surface area contributed by atoms with Crippen LogP contribution in [0.2, 0.25) is 5.02 Å². The van der Waals surface area contributed by atoms with E-state index in [1.54, 1.807) is 31.2 Å². The van der Waals surface area contributed by atoms with Crippen LogP contribution in [0.5, 0.6) is 0 Å². The van der Waals surface area contributed by atoms with Gasteiger partial charge in [-0.15, -0.1) is 0 Å². The summed E-state index contributed by atoms with van der Waals surface area (Å²) in [5.74, 6) is -2.80. The number of halogens is 3. The molecule has 0 amide bonds. The molecule has 0 aliphatic carbocycles. The molecule has 0 heterocycles. The summed E-state index contributed by atoms with van der Waals surface area (Å²) in [7, 11) is 0. The fourth-order valence-electron chi connectivity index (χ4n) is 2.78. The second-order valence-electron chi connectivity index (χ2n) is 8.26. The zero-order chi connectivity index (χ0) is 29.5. The summed E-state index contributed by atoms with van der Waals surface area (Å²) in [5, 5.41) is 29.2. The molecule has 210 valence electrons. The number of carboxylic acids is 3. The molecule has 0 bridgehead atoms. The molecule has 0 spiro atoms. The summed E-state index contributed by atoms with van der Waals surface area (Å²) in [6, 6.07) is 20.0. The van der Waals surface area contributed by atoms with Crippen molar-refractivity contribution in [3.05, 3.63) is 96.1 Å². The van der Waals surface area contributed by atoms with Crippen molar-refractivity contribution in [2.75, 3.05) is 5.32 Å². The van der Waals surface area contributed by atoms with E-state index < -0.39 is 36.0 Å². The Labute approximate surface area is 259 Å². The predicted molar refractivity (Wildman–Crippen MR) is 169 cm³/mol. The molecule has 12 heteroatoms. The first kappa shape index (κ1) is 34.6. The van der Waals surface area contributed by atoms with Crippen LogP contribution in [0.4, 0.5) is 5.69 Å². The SMILES string of the molecule is C[C@H](Nc1ccc(Cl)cc1)C(=O)O.N[C@@H](Cc1ccc(I)cc1)C(=O)O.N[C@@H](Cc1ccc(I)cc1)C(=O)O. The van der Waals surface area contributed by atoms with Crippen molar-refractivity contribution in [2.24, 2.45) is 11.5 Å². The molecule has 0 aliphatic heterocycles. The molecule has 0 unspecified atom stereocenters. The van der Waals surface area contributed by atoms with Crippen LogP contribution in [0.3, 0.4) is 0 Å². The Kier molecular flexibility index (Phi) is 16.0. The fourth-order valence-corrected chi connectivity index (χ4v) is 3.63. The second kappa shape index (κ2) is 18.0. The highest BCUT2D eigenvalue weighted by Crippen LogP contribution is 2.14. The van der Waals surface area contributed by atoms with Gasteiger partial charge in [0.05, 0.1) is 0 Å². The average molecular weight is 782 g/mol. The molecule has 0 saturated heterocycles. The van der Waals surface area contributed by atoms with Crippen LogP contribution in [-0.2, 0) is 27.2 Å². The summed E-state index contributed by atoms with van der Waals surface area (Å²) >= 11 is 10.1. The Morgan fingerprint density at radius 2 is 1.08 bits per heavy atom. The van der Waals surface area contributed by atoms with E-state index in [0.29, 0.717) is 17.9 Å². The molecule has 0 aromatic heterocycles. The molecular formula is C27H30ClI2N3O6. The van der Waals surface area contributed by atoms with Crippen LogP contribution in [0.15, 0.2) is 72.8 Å². The first-order chi connectivity index (χ1) is 18.3. The van der Waals surface area contributed by atoms with Crippen LogP contribution in [-0.4, -0.2) is 51.4 Å². The van der Waals surface area contributed by atoms with Crippen molar-refractivity contribution in [2.45, 2.75) is 37.9 Å². The molecule has 0 saturated carbocycles. The Hall–Kier alpha value is -2.46. The predicted octanol–water partition coefficient (Wildman–Crippen LogP) is 4.72. The van der Waals surface area contributed by atoms with Crippen molar-refractivity contribution in [3.63, 3.8) is 0 Å². The molecule has 39 heavy (non-hydrogen) atoms. The summed E-state index contributed by atoms with van der Waals surface area (Å²) in [5.41, 5.74) is 13.4. The smallest absolute Gasteiger partial charge is 0.325 e. The molecule has 8 N–H and O–H groups in total. The van der Waals surface area contributed by atoms with E-state index in [4.69, 9.17) is 38.4 Å². The highest BCUT2D eigenvalue weighted by atomic mass is 127. The van der Waals surface area contributed by atoms with Crippen molar-refractivity contribution in [3.8, 4) is 0 Å². The number of nitrogens with two attached hydrogens (primary N) is 2. The number of benzene rings is 3. The van der Waals surface area contributed by atoms with E-state index in [1.165, 1.54) is 0 Å². The highest BCUT2D eigenvalue weighted by molar-refractivity contribution is 14.1. The molecule has 0 aliphatic rings. The number of nitrogens with one attached hydrogen (secondary N) is 1. The minimum atomic E-state index is -0.960. The zero-order valence-electron chi connectivity index (χ0n) is 20.9. The first-order valence-electron chi connectivity index (χ1n) is 11.5. The van der Waals surface area contributed by atoms with Crippen LogP contribution in [0.1, 0.15) is 18.1 Å². The fraction of sp³-hybridized carbons (Fsp3) is 0.222. The minimum absolute atomic E-state index is 0.381. The van der Waals surface area contributed by atoms with Gasteiger partial charge in [-0.2, -0.15) is 0 Å². The monoisotopic (exact) mass is 781 g/mol. The van der Waals surface area contributed by atoms with E-state index >= 15 is 0 Å². The molecule has 0 fully saturated rings. The summed E-state index contributed by atoms with van der Waals surface area (Å²) < 4.78 is 2.26. The van der Waals surface area contributed by atoms with Crippen molar-refractivity contribution in [1.82, 2.24) is 0 Å². The minimum Gasteiger partial charge on any atom is -0.480 e. The quantitative estimate of drug-likeness (QED) is 0.168. The van der Waals surface area contributed by atoms with Gasteiger partial charge in [0.1, 0.15) is 18.1 Å². The largest absolute Gasteiger partial charge is 0.480 e. The van der Waals surface area contributed by atoms with Gasteiger partial charge in [0.25, 0.3) is 0 Å². The molecule has 0 radical (unpaired) electrons. The lowest BCUT2D eigenvalue weighted by Gasteiger charge is -2.09. The van der Waals surface area contributed by atoms with Crippen LogP contribution in [0.25, 0.3) is 0 Å². The van der Waals surface area contributed by atoms with Gasteiger partial charge in [0.15, 0.2) is 0 Å². The van der Waals surface area contributed by atoms with E-state index in [-0.39, 0.29) is 0 Å². The third-order valence-electron chi connectivity index (χ3n) is 4.97. The molecule has 3 atom stereocenters. The highest BCUT2D eigenvalue weighted by Gasteiger charge is 2.12. The average Bonchev–Trinajstić information content (AvgIpc) is 2.88. The normalized spacial score (nSPS) is 12.4. The van der Waals surface area contributed by atoms with Crippen LogP contribution < -0.4 is 16.8 Å². The number of anilines is 1. The summed E-state index contributed by atoms with van der Waals surface area (Å²) in [4.78, 5) is 31.4. The second-order valence-corrected chi connectivity index (χ2v) is 11.2. The van der Waals surface area contributed by atoms with Crippen molar-refractivity contribution in [1.29, 1.82) is 0 Å². The molecule has 3 rings (SSSR count). The summed E-state index contributed by atoms with van der Waals surface area (Å²) in [6.07, 6.45) is 0.762. The molecule has 3 aromatic carbocycles. The lowest BCUT2D eigenvalue weighted by molar-refractivity contribution is -0.139. The van der Waals surface area contributed by atoms with E-state index in [1.807, 2.05) is 48.5 Å². The van der Waals surface area contributed by atoms with E-state index in [2.05, 4.69) is 50.5 Å². The van der Waals surface area contributed by atoms with Gasteiger partial charge in [0, 0.05) is 17.9 Å². The number of rotatable bonds is 9. The van der Waals surface area contributed by atoms with Crippen molar-refractivity contribution >= 4 is 80.4 Å². The van der Waals surface area contributed by atoms with Gasteiger partial charge in [-0.3, -0.25) is 14.4 Å². The lowest BCUT2D eigenvalue weighted by Crippen LogP contribution is -2.32. The van der Waals surface area contributed by atoms with Gasteiger partial charge in [-0.1, -0.05) is 35.9 Å². The maximum absolute atomic E-state index is 10.5. The van der Waals surface area contributed by atoms with Gasteiger partial charge in [0.2, 0.25) is 0 Å². The van der Waals surface area contributed by atoms with E-state index in [0.717, 1.165) is 24.0 Å². The number of hydrogen-bond acceptors (Lipinski definition) is 6. The third kappa shape index (κ3) is 15.1. The molecule has 9 nitrogen and oxygen atoms in total. The molecular weight excluding hydrogens is 752 g/mol. The maximum Gasteiger partial charge on any atom is 0.325 e. The lowest BCUT2D eigenvalue weighted by atomic mass is 10.1. The number of carboxylic acid groups (broad SMARTS) is 3. The van der Waals surface area contributed by atoms with Crippen LogP contribution >= 0.6 is 56.8 Å². The van der Waals surface area contributed by atoms with Gasteiger partial charge >= 0.3 is 17.9 Å². The van der Waals surface area contributed by atoms with Crippen LogP contribution in [0, 0.1) is 7.14 Å². The topological polar surface area (TPSA) is 176 Å². The zero-order valence-corrected chi connectivity index (χ0v) is 26.0. The summed E-state index contributed by atoms with van der Waals surface area (Å²) in [6.45, 7) is 1.58. The Bertz CT molecular complexity index is 1040. The Morgan fingerprint density at radius 3 is 1.38 bits per heavy atom. The number of carbonyl (C=O) groups is 3. The first-order valence-corrected chi connectivity index (χ1v) is 14.0. The van der Waals surface area contributed by atoms with Gasteiger partial charge in [-0.05, 0) is 125 Å². The third-order valence-corrected chi connectivity index (χ3v) is 6.66. The molecule has 3 aromatic rings. The standard InChI is InChI=1S/C9H10ClNO2.2C9H10INO2/c1-6(9(12)13)11-8-4-2-7(10)3-5-8;2*10-7-3-1-6(2-4-7)5-8(11)9(12)13/h2-6,11H,1H3,(H,12,13);2*1-4,8H,5,11H2,(H,12,13)/t6-;2*8-/m000/s1. The number of aliphatic carboxylic acids is 3. The number of hydrogen-bond donors (Lipinski definition) is 6.